The van der Waals surface area contributed by atoms with Gasteiger partial charge < -0.3 is 29.4 Å². The monoisotopic (exact) mass is 745 g/mol. The van der Waals surface area contributed by atoms with Gasteiger partial charge in [-0.3, -0.25) is 19.1 Å². The lowest BCUT2D eigenvalue weighted by Gasteiger charge is -2.28. The molecule has 0 spiro atoms. The topological polar surface area (TPSA) is 216 Å². The molecular weight excluding hydrogens is 712 g/mol. The summed E-state index contributed by atoms with van der Waals surface area (Å²) in [7, 11) is 0. The Morgan fingerprint density at radius 2 is 1.71 bits per heavy atom. The maximum absolute atomic E-state index is 14.9. The molecule has 0 unspecified atom stereocenters. The molecule has 276 valence electrons. The number of carboxylic acids is 1. The van der Waals surface area contributed by atoms with Gasteiger partial charge in [-0.1, -0.05) is 0 Å². The fourth-order valence-corrected chi connectivity index (χ4v) is 6.20. The number of esters is 3. The molecule has 4 heterocycles. The number of hydrogen-bond acceptors (Lipinski definition) is 14. The first kappa shape index (κ1) is 37.6. The first-order chi connectivity index (χ1) is 24.8. The van der Waals surface area contributed by atoms with Gasteiger partial charge in [0.2, 0.25) is 18.2 Å². The smallest absolute Gasteiger partial charge is 0.353 e. The Kier molecular flexibility index (Phi) is 12.0. The zero-order valence-electron chi connectivity index (χ0n) is 28.0. The van der Waals surface area contributed by atoms with E-state index in [0.29, 0.717) is 17.2 Å². The number of amides is 1. The molecule has 1 aliphatic carbocycles. The summed E-state index contributed by atoms with van der Waals surface area (Å²) in [6.45, 7) is 3.82. The molecule has 1 aliphatic rings. The van der Waals surface area contributed by atoms with E-state index in [-0.39, 0.29) is 34.9 Å². The van der Waals surface area contributed by atoms with Crippen LogP contribution in [0.2, 0.25) is 0 Å². The van der Waals surface area contributed by atoms with E-state index in [4.69, 9.17) is 14.2 Å². The number of halogens is 2. The van der Waals surface area contributed by atoms with Crippen molar-refractivity contribution in [1.29, 1.82) is 0 Å². The summed E-state index contributed by atoms with van der Waals surface area (Å²) >= 11 is 1.08. The lowest BCUT2D eigenvalue weighted by Crippen LogP contribution is -2.46. The minimum atomic E-state index is -2.16. The van der Waals surface area contributed by atoms with E-state index < -0.39 is 60.5 Å². The number of carboxylic acid groups (broad SMARTS) is 1. The summed E-state index contributed by atoms with van der Waals surface area (Å²) in [6.07, 6.45) is 3.24. The summed E-state index contributed by atoms with van der Waals surface area (Å²) < 4.78 is 51.9. The first-order valence-electron chi connectivity index (χ1n) is 15.9. The second-order valence-electron chi connectivity index (χ2n) is 11.5. The van der Waals surface area contributed by atoms with Crippen LogP contribution in [-0.2, 0) is 44.9 Å². The first-order valence-corrected chi connectivity index (χ1v) is 16.8. The minimum absolute atomic E-state index is 0.0165. The van der Waals surface area contributed by atoms with Crippen molar-refractivity contribution in [3.8, 4) is 22.0 Å². The molecule has 4 aromatic heterocycles. The van der Waals surface area contributed by atoms with Crippen molar-refractivity contribution >= 4 is 46.8 Å². The van der Waals surface area contributed by atoms with Gasteiger partial charge in [-0.25, -0.2) is 28.6 Å². The van der Waals surface area contributed by atoms with Crippen LogP contribution < -0.4 is 5.32 Å². The van der Waals surface area contributed by atoms with E-state index in [2.05, 4.69) is 30.2 Å². The Balaban J connectivity index is 1.29. The van der Waals surface area contributed by atoms with Gasteiger partial charge in [0.15, 0.2) is 12.5 Å². The van der Waals surface area contributed by atoms with E-state index in [1.807, 2.05) is 6.92 Å². The third-order valence-electron chi connectivity index (χ3n) is 7.73. The summed E-state index contributed by atoms with van der Waals surface area (Å²) in [5.41, 5.74) is 0.0681. The summed E-state index contributed by atoms with van der Waals surface area (Å²) in [5.74, 6) is -7.53. The number of pyridine rings is 1. The predicted octanol–water partition coefficient (Wildman–Crippen LogP) is 3.76. The van der Waals surface area contributed by atoms with E-state index in [9.17, 15) is 37.9 Å². The van der Waals surface area contributed by atoms with Gasteiger partial charge in [0.25, 0.3) is 5.91 Å². The van der Waals surface area contributed by atoms with Crippen LogP contribution in [0.1, 0.15) is 63.0 Å². The maximum Gasteiger partial charge on any atom is 0.353 e. The fraction of sp³-hybridized carbons (Fsp3) is 0.406. The number of carbonyl (C=O) groups is 5. The lowest BCUT2D eigenvalue weighted by atomic mass is 9.93. The molecule has 1 amide bonds. The van der Waals surface area contributed by atoms with Crippen molar-refractivity contribution in [3.63, 3.8) is 0 Å². The molecule has 5 rings (SSSR count). The number of rotatable bonds is 14. The number of hydrogen-bond donors (Lipinski definition) is 2. The zero-order valence-corrected chi connectivity index (χ0v) is 28.8. The molecule has 0 aromatic carbocycles. The highest BCUT2D eigenvalue weighted by Crippen LogP contribution is 2.35. The number of anilines is 1. The van der Waals surface area contributed by atoms with Crippen LogP contribution in [0.5, 0.6) is 0 Å². The van der Waals surface area contributed by atoms with Crippen LogP contribution in [-0.4, -0.2) is 89.3 Å². The van der Waals surface area contributed by atoms with E-state index in [1.165, 1.54) is 17.8 Å². The molecule has 52 heavy (non-hydrogen) atoms. The number of ether oxygens (including phenoxy) is 4. The van der Waals surface area contributed by atoms with Crippen LogP contribution in [0.3, 0.4) is 0 Å². The van der Waals surface area contributed by atoms with Crippen molar-refractivity contribution in [1.82, 2.24) is 29.5 Å². The molecule has 2 N–H and O–H groups in total. The van der Waals surface area contributed by atoms with Crippen LogP contribution in [0.15, 0.2) is 36.1 Å². The lowest BCUT2D eigenvalue weighted by molar-refractivity contribution is -0.190. The average molecular weight is 746 g/mol. The average Bonchev–Trinajstić information content (AvgIpc) is 3.87. The van der Waals surface area contributed by atoms with Gasteiger partial charge in [-0.15, -0.1) is 11.3 Å². The highest BCUT2D eigenvalue weighted by molar-refractivity contribution is 7.13. The molecule has 0 saturated heterocycles. The summed E-state index contributed by atoms with van der Waals surface area (Å²) in [6, 6.07) is 1.74. The van der Waals surface area contributed by atoms with Crippen LogP contribution in [0, 0.1) is 11.8 Å². The van der Waals surface area contributed by atoms with Crippen molar-refractivity contribution in [2.24, 2.45) is 0 Å². The Hall–Kier alpha value is -5.63. The van der Waals surface area contributed by atoms with E-state index in [1.54, 1.807) is 10.9 Å². The highest BCUT2D eigenvalue weighted by atomic mass is 32.1. The molecule has 0 aliphatic heterocycles. The van der Waals surface area contributed by atoms with E-state index >= 15 is 0 Å². The predicted molar refractivity (Wildman–Crippen MR) is 174 cm³/mol. The van der Waals surface area contributed by atoms with Crippen molar-refractivity contribution in [3.05, 3.63) is 53.6 Å². The Bertz CT molecular complexity index is 1960. The number of aromatic nitrogens is 6. The molecule has 1 saturated carbocycles. The summed E-state index contributed by atoms with van der Waals surface area (Å²) in [5, 5.41) is 22.5. The Morgan fingerprint density at radius 1 is 1.00 bits per heavy atom. The third kappa shape index (κ3) is 9.18. The maximum atomic E-state index is 14.9. The van der Waals surface area contributed by atoms with Crippen LogP contribution in [0.4, 0.5) is 14.5 Å². The molecule has 1 fully saturated rings. The second-order valence-corrected chi connectivity index (χ2v) is 12.3. The van der Waals surface area contributed by atoms with E-state index in [0.717, 1.165) is 67.7 Å². The molecule has 4 aromatic rings. The van der Waals surface area contributed by atoms with Gasteiger partial charge in [0.05, 0.1) is 24.0 Å². The fourth-order valence-electron chi connectivity index (χ4n) is 5.43. The number of thiazole rings is 1. The zero-order chi connectivity index (χ0) is 37.5. The van der Waals surface area contributed by atoms with Crippen molar-refractivity contribution in [2.75, 3.05) is 11.9 Å². The molecule has 2 atom stereocenters. The quantitative estimate of drug-likeness (QED) is 0.107. The molecule has 0 radical (unpaired) electrons. The summed E-state index contributed by atoms with van der Waals surface area (Å²) in [4.78, 5) is 68.5. The molecule has 17 nitrogen and oxygen atoms in total. The normalized spacial score (nSPS) is 16.8. The number of nitrogens with one attached hydrogen (secondary N) is 1. The van der Waals surface area contributed by atoms with Gasteiger partial charge in [-0.05, 0) is 44.7 Å². The van der Waals surface area contributed by atoms with Crippen LogP contribution in [0.25, 0.3) is 22.0 Å². The van der Waals surface area contributed by atoms with Crippen LogP contribution >= 0.6 is 11.3 Å². The van der Waals surface area contributed by atoms with Gasteiger partial charge in [-0.2, -0.15) is 14.6 Å². The third-order valence-corrected chi connectivity index (χ3v) is 8.62. The van der Waals surface area contributed by atoms with Crippen molar-refractivity contribution < 1.29 is 56.8 Å². The largest absolute Gasteiger partial charge is 0.478 e. The molecule has 0 bridgehead atoms. The SMILES string of the molecule is CCOC1CCC(n2cc(NC(=O)c3csc(-c4cnn(COC(=O)[C@@H](OC(C)=O)[C@@H](OC(C)=O)C(=O)O)c4)n3)c(-c3nc(F)ccc3F)n2)CC1. The van der Waals surface area contributed by atoms with Gasteiger partial charge in [0.1, 0.15) is 22.1 Å². The highest BCUT2D eigenvalue weighted by Gasteiger charge is 2.41. The number of nitrogens with zero attached hydrogens (tertiary/aromatic N) is 6. The standard InChI is InChI=1S/C32H33F2N7O10S/c1-4-48-20-7-5-19(6-8-20)41-13-22(26(39-41)25-21(33)9-10-24(34)38-25)36-29(44)23-14-52-30(37-23)18-11-35-40(12-18)15-49-32(47)28(51-17(3)43)27(31(45)46)50-16(2)42/h9-14,19-20,27-28H,4-8,15H2,1-3H3,(H,36,44)(H,45,46)/t19?,20?,27-,28+/m1/s1. The number of carbonyl (C=O) groups excluding carboxylic acids is 4. The second kappa shape index (κ2) is 16.6. The molecular formula is C32H33F2N7O10S. The van der Waals surface area contributed by atoms with Gasteiger partial charge >= 0.3 is 23.9 Å². The molecule has 20 heteroatoms. The Morgan fingerprint density at radius 3 is 2.38 bits per heavy atom. The van der Waals surface area contributed by atoms with Crippen molar-refractivity contribution in [2.45, 2.75) is 77.5 Å². The van der Waals surface area contributed by atoms with Gasteiger partial charge in [0, 0.05) is 43.8 Å². The minimum Gasteiger partial charge on any atom is -0.478 e. The Labute approximate surface area is 297 Å². The number of aliphatic carboxylic acids is 1.